The summed E-state index contributed by atoms with van der Waals surface area (Å²) in [6.45, 7) is 5.31. The number of H-pyrrole nitrogens is 2. The van der Waals surface area contributed by atoms with Gasteiger partial charge >= 0.3 is 12.2 Å². The van der Waals surface area contributed by atoms with Crippen molar-refractivity contribution in [2.24, 2.45) is 11.8 Å². The number of nitrogens with zero attached hydrogens (tertiary/aromatic N) is 4. The highest BCUT2D eigenvalue weighted by Gasteiger charge is 2.41. The van der Waals surface area contributed by atoms with Gasteiger partial charge < -0.3 is 34.8 Å². The third-order valence-electron chi connectivity index (χ3n) is 9.85. The Bertz CT molecular complexity index is 1830. The number of benzene rings is 2. The second kappa shape index (κ2) is 15.6. The Hall–Kier alpha value is -4.82. The number of carbonyl (C=O) groups is 3. The van der Waals surface area contributed by atoms with Crippen LogP contribution in [0.5, 0.6) is 0 Å². The fourth-order valence-corrected chi connectivity index (χ4v) is 7.77. The lowest BCUT2D eigenvalue weighted by Gasteiger charge is -2.30. The van der Waals surface area contributed by atoms with Crippen LogP contribution in [0.25, 0.3) is 33.6 Å². The van der Waals surface area contributed by atoms with E-state index in [-0.39, 0.29) is 35.1 Å². The third-order valence-corrected chi connectivity index (χ3v) is 10.9. The van der Waals surface area contributed by atoms with Gasteiger partial charge in [-0.25, -0.2) is 19.6 Å². The molecule has 2 fully saturated rings. The predicted octanol–water partition coefficient (Wildman–Crippen LogP) is 6.21. The molecule has 5 atom stereocenters. The van der Waals surface area contributed by atoms with Gasteiger partial charge in [0.25, 0.3) is 0 Å². The molecule has 0 spiro atoms. The molecule has 270 valence electrons. The Balaban J connectivity index is 1.14. The largest absolute Gasteiger partial charge is 0.465 e. The second-order valence-electron chi connectivity index (χ2n) is 13.5. The van der Waals surface area contributed by atoms with Crippen molar-refractivity contribution in [3.63, 3.8) is 0 Å². The zero-order chi connectivity index (χ0) is 36.2. The van der Waals surface area contributed by atoms with E-state index in [1.807, 2.05) is 49.3 Å². The van der Waals surface area contributed by atoms with Gasteiger partial charge in [0.05, 0.1) is 49.6 Å². The molecular weight excluding hydrogens is 671 g/mol. The average Bonchev–Trinajstić information content (AvgIpc) is 3.96. The van der Waals surface area contributed by atoms with E-state index in [1.54, 1.807) is 31.3 Å². The number of hydrogen-bond acceptors (Lipinski definition) is 8. The van der Waals surface area contributed by atoms with Crippen molar-refractivity contribution in [3.8, 4) is 33.6 Å². The number of thioether (sulfide) groups is 1. The summed E-state index contributed by atoms with van der Waals surface area (Å²) in [6.07, 6.45) is 5.44. The zero-order valence-corrected chi connectivity index (χ0v) is 30.3. The number of methoxy groups -OCH3 is 2. The summed E-state index contributed by atoms with van der Waals surface area (Å²) in [5, 5.41) is 12.7. The summed E-state index contributed by atoms with van der Waals surface area (Å²) < 4.78 is 10.0. The Morgan fingerprint density at radius 2 is 1.39 bits per heavy atom. The fourth-order valence-electron chi connectivity index (χ4n) is 7.09. The molecular formula is C37H45N7O6S. The Labute approximate surface area is 301 Å². The molecule has 3 amide bonds. The van der Waals surface area contributed by atoms with Gasteiger partial charge in [0.15, 0.2) is 0 Å². The third kappa shape index (κ3) is 7.76. The number of alkyl carbamates (subject to hydrolysis) is 1. The summed E-state index contributed by atoms with van der Waals surface area (Å²) in [6, 6.07) is 15.1. The fraction of sp³-hybridized carbons (Fsp3) is 0.432. The van der Waals surface area contributed by atoms with E-state index in [0.29, 0.717) is 31.9 Å². The molecule has 2 aliphatic rings. The van der Waals surface area contributed by atoms with E-state index in [4.69, 9.17) is 14.5 Å². The van der Waals surface area contributed by atoms with Crippen LogP contribution in [-0.2, 0) is 14.3 Å². The number of amides is 3. The number of aromatic nitrogens is 4. The maximum Gasteiger partial charge on any atom is 0.407 e. The Morgan fingerprint density at radius 3 is 1.86 bits per heavy atom. The van der Waals surface area contributed by atoms with Crippen LogP contribution in [0.2, 0.25) is 0 Å². The summed E-state index contributed by atoms with van der Waals surface area (Å²) >= 11 is 1.72. The van der Waals surface area contributed by atoms with Crippen molar-refractivity contribution in [2.75, 3.05) is 40.2 Å². The van der Waals surface area contributed by atoms with Gasteiger partial charge in [-0.2, -0.15) is 11.8 Å². The molecule has 2 unspecified atom stereocenters. The highest BCUT2D eigenvalue weighted by molar-refractivity contribution is 7.99. The van der Waals surface area contributed by atoms with Crippen LogP contribution in [0.3, 0.4) is 0 Å². The lowest BCUT2D eigenvalue weighted by atomic mass is 10.0. The van der Waals surface area contributed by atoms with E-state index in [9.17, 15) is 19.5 Å². The first-order chi connectivity index (χ1) is 24.6. The molecule has 2 saturated heterocycles. The van der Waals surface area contributed by atoms with Gasteiger partial charge in [-0.3, -0.25) is 9.69 Å². The van der Waals surface area contributed by atoms with Crippen LogP contribution in [0.4, 0.5) is 9.59 Å². The number of likely N-dealkylation sites (tertiary alicyclic amines) is 2. The maximum atomic E-state index is 13.7. The standard InChI is InChI=1S/C37H45N7O6S/c1-21(2)32(42-36(46)50-4)35(45)43-19-27(51-5)15-31(43)34-39-17-29(41-34)26-12-8-24(9-13-26)23-6-10-25(11-7-23)28-16-38-33(40-28)30-14-22(20-49-3)18-44(30)37(47)48/h6-13,16-17,21-22,27,30-32H,14-15,18-20H2,1-5H3,(H,38,40)(H,39,41)(H,42,46)(H,47,48)/t22?,27-,30?,31-,32-/m0/s1. The molecule has 2 aromatic carbocycles. The summed E-state index contributed by atoms with van der Waals surface area (Å²) in [5.74, 6) is 1.23. The molecule has 4 N–H and O–H groups in total. The van der Waals surface area contributed by atoms with Crippen LogP contribution in [0.15, 0.2) is 60.9 Å². The van der Waals surface area contributed by atoms with Crippen molar-refractivity contribution in [1.29, 1.82) is 0 Å². The van der Waals surface area contributed by atoms with E-state index in [0.717, 1.165) is 45.9 Å². The molecule has 2 aromatic heterocycles. The molecule has 0 bridgehead atoms. The van der Waals surface area contributed by atoms with Gasteiger partial charge in [0.2, 0.25) is 5.91 Å². The van der Waals surface area contributed by atoms with Crippen molar-refractivity contribution in [3.05, 3.63) is 72.6 Å². The van der Waals surface area contributed by atoms with Gasteiger partial charge in [-0.1, -0.05) is 62.4 Å². The van der Waals surface area contributed by atoms with Crippen LogP contribution in [-0.4, -0.2) is 104 Å². The van der Waals surface area contributed by atoms with Gasteiger partial charge in [0.1, 0.15) is 17.7 Å². The molecule has 0 radical (unpaired) electrons. The number of carbonyl (C=O) groups excluding carboxylic acids is 2. The van der Waals surface area contributed by atoms with E-state index in [1.165, 1.54) is 12.0 Å². The normalized spacial score (nSPS) is 20.9. The topological polar surface area (TPSA) is 166 Å². The zero-order valence-electron chi connectivity index (χ0n) is 29.5. The molecule has 6 rings (SSSR count). The number of rotatable bonds is 11. The van der Waals surface area contributed by atoms with Crippen LogP contribution in [0, 0.1) is 11.8 Å². The van der Waals surface area contributed by atoms with E-state index in [2.05, 4.69) is 44.5 Å². The molecule has 51 heavy (non-hydrogen) atoms. The molecule has 13 nitrogen and oxygen atoms in total. The predicted molar refractivity (Wildman–Crippen MR) is 195 cm³/mol. The number of imidazole rings is 2. The van der Waals surface area contributed by atoms with Gasteiger partial charge in [0, 0.05) is 31.4 Å². The van der Waals surface area contributed by atoms with Crippen LogP contribution >= 0.6 is 11.8 Å². The summed E-state index contributed by atoms with van der Waals surface area (Å²) in [4.78, 5) is 57.0. The molecule has 14 heteroatoms. The minimum Gasteiger partial charge on any atom is -0.465 e. The van der Waals surface area contributed by atoms with Gasteiger partial charge in [-0.15, -0.1) is 0 Å². The van der Waals surface area contributed by atoms with Crippen molar-refractivity contribution >= 4 is 29.9 Å². The Morgan fingerprint density at radius 1 is 0.863 bits per heavy atom. The van der Waals surface area contributed by atoms with Crippen molar-refractivity contribution < 1.29 is 29.0 Å². The average molecular weight is 716 g/mol. The monoisotopic (exact) mass is 715 g/mol. The first-order valence-corrected chi connectivity index (χ1v) is 18.4. The van der Waals surface area contributed by atoms with Crippen LogP contribution < -0.4 is 5.32 Å². The van der Waals surface area contributed by atoms with Crippen molar-refractivity contribution in [1.82, 2.24) is 35.1 Å². The van der Waals surface area contributed by atoms with E-state index >= 15 is 0 Å². The quantitative estimate of drug-likeness (QED) is 0.141. The van der Waals surface area contributed by atoms with E-state index < -0.39 is 18.2 Å². The number of hydrogen-bond donors (Lipinski definition) is 4. The minimum atomic E-state index is -0.956. The van der Waals surface area contributed by atoms with Crippen LogP contribution in [0.1, 0.15) is 50.4 Å². The molecule has 0 aliphatic carbocycles. The number of ether oxygens (including phenoxy) is 2. The molecule has 4 heterocycles. The molecule has 0 saturated carbocycles. The smallest absolute Gasteiger partial charge is 0.407 e. The first-order valence-electron chi connectivity index (χ1n) is 17.1. The SMILES string of the molecule is COCC1CC(c2ncc(-c3ccc(-c4ccc(-c5cnc([C@@H]6C[C@H](SC)CN6C(=O)[C@@H](NC(=O)OC)C(C)C)[nH]5)cc4)cc3)[nH]2)N(C(=O)O)C1. The summed E-state index contributed by atoms with van der Waals surface area (Å²) in [7, 11) is 2.92. The highest BCUT2D eigenvalue weighted by Crippen LogP contribution is 2.38. The highest BCUT2D eigenvalue weighted by atomic mass is 32.2. The minimum absolute atomic E-state index is 0.117. The number of aromatic amines is 2. The van der Waals surface area contributed by atoms with Crippen molar-refractivity contribution in [2.45, 2.75) is 50.1 Å². The number of nitrogens with one attached hydrogen (secondary N) is 3. The second-order valence-corrected chi connectivity index (χ2v) is 14.6. The Kier molecular flexibility index (Phi) is 11.0. The lowest BCUT2D eigenvalue weighted by Crippen LogP contribution is -2.51. The number of carboxylic acid groups (broad SMARTS) is 1. The lowest BCUT2D eigenvalue weighted by molar-refractivity contribution is -0.135. The first kappa shape index (κ1) is 36.0. The molecule has 4 aromatic rings. The maximum absolute atomic E-state index is 13.7. The summed E-state index contributed by atoms with van der Waals surface area (Å²) in [5.41, 5.74) is 5.71. The molecule has 2 aliphatic heterocycles. The van der Waals surface area contributed by atoms with Gasteiger partial charge in [-0.05, 0) is 47.3 Å².